The lowest BCUT2D eigenvalue weighted by atomic mass is 10.1. The summed E-state index contributed by atoms with van der Waals surface area (Å²) in [5.74, 6) is -1.07. The smallest absolute Gasteiger partial charge is 0.328 e. The number of carboxylic acid groups (broad SMARTS) is 1. The van der Waals surface area contributed by atoms with Crippen LogP contribution >= 0.6 is 0 Å². The number of ether oxygens (including phenoxy) is 2. The summed E-state index contributed by atoms with van der Waals surface area (Å²) >= 11 is 0. The first kappa shape index (κ1) is 16.9. The van der Waals surface area contributed by atoms with Crippen molar-refractivity contribution in [2.24, 2.45) is 5.92 Å². The van der Waals surface area contributed by atoms with E-state index in [2.05, 4.69) is 19.2 Å². The Morgan fingerprint density at radius 1 is 1.28 bits per heavy atom. The molecule has 2 N–H and O–H groups in total. The highest BCUT2D eigenvalue weighted by Crippen LogP contribution is 2.02. The molecule has 0 aromatic carbocycles. The Balaban J connectivity index is 4.08. The highest BCUT2D eigenvalue weighted by Gasteiger charge is 2.23. The fourth-order valence-electron chi connectivity index (χ4n) is 1.19. The molecule has 0 bridgehead atoms. The van der Waals surface area contributed by atoms with E-state index >= 15 is 0 Å². The maximum atomic E-state index is 11.7. The van der Waals surface area contributed by atoms with Crippen molar-refractivity contribution in [2.75, 3.05) is 20.3 Å². The van der Waals surface area contributed by atoms with E-state index in [1.54, 1.807) is 6.92 Å². The maximum absolute atomic E-state index is 11.7. The Morgan fingerprint density at radius 3 is 2.33 bits per heavy atom. The molecule has 106 valence electrons. The number of hydrogen-bond donors (Lipinski definition) is 2. The average molecular weight is 261 g/mol. The molecule has 6 heteroatoms. The summed E-state index contributed by atoms with van der Waals surface area (Å²) in [6.45, 7) is 6.13. The molecule has 0 radical (unpaired) electrons. The van der Waals surface area contributed by atoms with Crippen LogP contribution in [0.3, 0.4) is 0 Å². The minimum absolute atomic E-state index is 0.0697. The van der Waals surface area contributed by atoms with Crippen LogP contribution in [0.15, 0.2) is 0 Å². The minimum Gasteiger partial charge on any atom is -0.480 e. The standard InChI is InChI=1S/C12H23NO5/c1-8(2)5-6-18-9(3)11(14)13-10(7-17-4)12(15)16/h8-10H,5-7H2,1-4H3,(H,13,14)(H,15,16). The van der Waals surface area contributed by atoms with Gasteiger partial charge in [0.15, 0.2) is 6.04 Å². The number of aliphatic carboxylic acids is 1. The first-order chi connectivity index (χ1) is 8.38. The number of carboxylic acids is 1. The Hall–Kier alpha value is -1.14. The number of carbonyl (C=O) groups is 2. The summed E-state index contributed by atoms with van der Waals surface area (Å²) < 4.78 is 10.0. The van der Waals surface area contributed by atoms with E-state index in [-0.39, 0.29) is 6.61 Å². The van der Waals surface area contributed by atoms with E-state index in [1.165, 1.54) is 7.11 Å². The van der Waals surface area contributed by atoms with Crippen molar-refractivity contribution in [3.63, 3.8) is 0 Å². The van der Waals surface area contributed by atoms with Crippen molar-refractivity contribution >= 4 is 11.9 Å². The van der Waals surface area contributed by atoms with Gasteiger partial charge in [-0.2, -0.15) is 0 Å². The summed E-state index contributed by atoms with van der Waals surface area (Å²) in [7, 11) is 1.38. The lowest BCUT2D eigenvalue weighted by molar-refractivity contribution is -0.145. The minimum atomic E-state index is -1.13. The van der Waals surface area contributed by atoms with E-state index in [9.17, 15) is 9.59 Å². The van der Waals surface area contributed by atoms with Crippen molar-refractivity contribution in [1.29, 1.82) is 0 Å². The number of nitrogens with one attached hydrogen (secondary N) is 1. The van der Waals surface area contributed by atoms with Crippen molar-refractivity contribution in [2.45, 2.75) is 39.3 Å². The molecule has 0 heterocycles. The van der Waals surface area contributed by atoms with E-state index in [0.717, 1.165) is 6.42 Å². The molecule has 0 fully saturated rings. The lowest BCUT2D eigenvalue weighted by Crippen LogP contribution is -2.47. The topological polar surface area (TPSA) is 84.9 Å². The van der Waals surface area contributed by atoms with Crippen molar-refractivity contribution in [3.05, 3.63) is 0 Å². The van der Waals surface area contributed by atoms with Gasteiger partial charge in [0, 0.05) is 13.7 Å². The molecule has 0 aliphatic heterocycles. The van der Waals surface area contributed by atoms with Crippen LogP contribution in [0.5, 0.6) is 0 Å². The van der Waals surface area contributed by atoms with Crippen LogP contribution in [0.1, 0.15) is 27.2 Å². The summed E-state index contributed by atoms with van der Waals surface area (Å²) in [5, 5.41) is 11.2. The Kier molecular flexibility index (Phi) is 8.32. The molecule has 0 aliphatic carbocycles. The quantitative estimate of drug-likeness (QED) is 0.636. The molecule has 0 saturated heterocycles. The summed E-state index contributed by atoms with van der Waals surface area (Å²) in [6, 6.07) is -1.04. The van der Waals surface area contributed by atoms with Gasteiger partial charge in [0.2, 0.25) is 5.91 Å². The second-order valence-electron chi connectivity index (χ2n) is 4.55. The van der Waals surface area contributed by atoms with Gasteiger partial charge in [-0.25, -0.2) is 4.79 Å². The van der Waals surface area contributed by atoms with E-state index in [1.807, 2.05) is 0 Å². The van der Waals surface area contributed by atoms with Gasteiger partial charge in [-0.15, -0.1) is 0 Å². The Labute approximate surface area is 108 Å². The van der Waals surface area contributed by atoms with Gasteiger partial charge in [0.05, 0.1) is 6.61 Å². The number of hydrogen-bond acceptors (Lipinski definition) is 4. The molecular weight excluding hydrogens is 238 g/mol. The van der Waals surface area contributed by atoms with Gasteiger partial charge in [-0.05, 0) is 19.3 Å². The fraction of sp³-hybridized carbons (Fsp3) is 0.833. The molecule has 0 aliphatic rings. The number of carbonyl (C=O) groups excluding carboxylic acids is 1. The predicted molar refractivity (Wildman–Crippen MR) is 66.3 cm³/mol. The molecule has 2 atom stereocenters. The largest absolute Gasteiger partial charge is 0.480 e. The molecule has 0 aromatic heterocycles. The van der Waals surface area contributed by atoms with E-state index < -0.39 is 24.0 Å². The molecular formula is C12H23NO5. The van der Waals surface area contributed by atoms with Crippen molar-refractivity contribution < 1.29 is 24.2 Å². The number of amides is 1. The Bertz CT molecular complexity index is 267. The SMILES string of the molecule is COCC(NC(=O)C(C)OCCC(C)C)C(=O)O. The van der Waals surface area contributed by atoms with Gasteiger partial charge < -0.3 is 19.9 Å². The Morgan fingerprint density at radius 2 is 1.89 bits per heavy atom. The summed E-state index contributed by atoms with van der Waals surface area (Å²) in [4.78, 5) is 22.5. The molecule has 0 rings (SSSR count). The summed E-state index contributed by atoms with van der Waals surface area (Å²) in [6.07, 6.45) is 0.195. The highest BCUT2D eigenvalue weighted by molar-refractivity contribution is 5.86. The average Bonchev–Trinajstić information content (AvgIpc) is 2.27. The van der Waals surface area contributed by atoms with Crippen molar-refractivity contribution in [1.82, 2.24) is 5.32 Å². The van der Waals surface area contributed by atoms with Gasteiger partial charge in [0.25, 0.3) is 0 Å². The van der Waals surface area contributed by atoms with Crippen LogP contribution in [-0.2, 0) is 19.1 Å². The normalized spacial score (nSPS) is 14.3. The zero-order valence-corrected chi connectivity index (χ0v) is 11.4. The fourth-order valence-corrected chi connectivity index (χ4v) is 1.19. The first-order valence-corrected chi connectivity index (χ1v) is 6.02. The van der Waals surface area contributed by atoms with Gasteiger partial charge in [0.1, 0.15) is 6.10 Å². The van der Waals surface area contributed by atoms with Gasteiger partial charge >= 0.3 is 5.97 Å². The van der Waals surface area contributed by atoms with Crippen LogP contribution in [0.25, 0.3) is 0 Å². The number of methoxy groups -OCH3 is 1. The third-order valence-corrected chi connectivity index (χ3v) is 2.38. The first-order valence-electron chi connectivity index (χ1n) is 6.02. The van der Waals surface area contributed by atoms with Gasteiger partial charge in [-0.1, -0.05) is 13.8 Å². The predicted octanol–water partition coefficient (Wildman–Crippen LogP) is 0.653. The molecule has 18 heavy (non-hydrogen) atoms. The molecule has 1 amide bonds. The summed E-state index contributed by atoms with van der Waals surface area (Å²) in [5.41, 5.74) is 0. The lowest BCUT2D eigenvalue weighted by Gasteiger charge is -2.18. The second-order valence-corrected chi connectivity index (χ2v) is 4.55. The zero-order valence-electron chi connectivity index (χ0n) is 11.4. The van der Waals surface area contributed by atoms with Crippen LogP contribution < -0.4 is 5.32 Å². The van der Waals surface area contributed by atoms with Crippen molar-refractivity contribution in [3.8, 4) is 0 Å². The van der Waals surface area contributed by atoms with Crippen LogP contribution in [0.2, 0.25) is 0 Å². The van der Waals surface area contributed by atoms with Gasteiger partial charge in [-0.3, -0.25) is 4.79 Å². The number of rotatable bonds is 9. The van der Waals surface area contributed by atoms with Crippen LogP contribution in [0.4, 0.5) is 0 Å². The third-order valence-electron chi connectivity index (χ3n) is 2.38. The van der Waals surface area contributed by atoms with E-state index in [4.69, 9.17) is 14.6 Å². The molecule has 0 saturated carbocycles. The second kappa shape index (κ2) is 8.88. The van der Waals surface area contributed by atoms with Crippen LogP contribution in [-0.4, -0.2) is 49.5 Å². The monoisotopic (exact) mass is 261 g/mol. The third kappa shape index (κ3) is 7.24. The molecule has 2 unspecified atom stereocenters. The molecule has 0 aromatic rings. The molecule has 6 nitrogen and oxygen atoms in total. The molecule has 0 spiro atoms. The highest BCUT2D eigenvalue weighted by atomic mass is 16.5. The van der Waals surface area contributed by atoms with E-state index in [0.29, 0.717) is 12.5 Å². The maximum Gasteiger partial charge on any atom is 0.328 e. The van der Waals surface area contributed by atoms with Crippen LogP contribution in [0, 0.1) is 5.92 Å². The zero-order chi connectivity index (χ0) is 14.1.